The van der Waals surface area contributed by atoms with Crippen LogP contribution in [0, 0.1) is 6.92 Å². The lowest BCUT2D eigenvalue weighted by atomic mass is 10.2. The molecule has 3 aromatic heterocycles. The Morgan fingerprint density at radius 2 is 2.29 bits per heavy atom. The maximum absolute atomic E-state index is 13.3. The Labute approximate surface area is 137 Å². The zero-order valence-electron chi connectivity index (χ0n) is 13.0. The number of hydrogen-bond donors (Lipinski definition) is 1. The highest BCUT2D eigenvalue weighted by molar-refractivity contribution is 6.02. The third-order valence-electron chi connectivity index (χ3n) is 3.94. The number of halogens is 1. The molecular weight excluding hydrogens is 311 g/mol. The minimum absolute atomic E-state index is 0.206. The van der Waals surface area contributed by atoms with Crippen molar-refractivity contribution in [2.24, 2.45) is 0 Å². The molecule has 0 aliphatic carbocycles. The Bertz CT molecular complexity index is 877. The molecule has 1 unspecified atom stereocenters. The average Bonchev–Trinajstić information content (AvgIpc) is 3.21. The zero-order chi connectivity index (χ0) is 16.7. The van der Waals surface area contributed by atoms with Crippen LogP contribution >= 0.6 is 0 Å². The van der Waals surface area contributed by atoms with Gasteiger partial charge >= 0.3 is 0 Å². The molecule has 0 aromatic carbocycles. The van der Waals surface area contributed by atoms with Crippen molar-refractivity contribution < 1.29 is 9.18 Å². The number of carbonyl (C=O) groups excluding carboxylic acids is 1. The number of nitrogens with one attached hydrogen (secondary N) is 1. The molecule has 1 amide bonds. The molecule has 1 aliphatic heterocycles. The number of pyridine rings is 1. The molecule has 4 rings (SSSR count). The lowest BCUT2D eigenvalue weighted by Crippen LogP contribution is -2.15. The Kier molecular flexibility index (Phi) is 3.37. The number of anilines is 1. The van der Waals surface area contributed by atoms with E-state index in [2.05, 4.69) is 20.5 Å². The number of fused-ring (bicyclic) bond motifs is 1. The molecule has 7 nitrogen and oxygen atoms in total. The second-order valence-corrected chi connectivity index (χ2v) is 5.78. The zero-order valence-corrected chi connectivity index (χ0v) is 13.0. The van der Waals surface area contributed by atoms with E-state index >= 15 is 0 Å². The molecule has 3 aromatic rings. The lowest BCUT2D eigenvalue weighted by Gasteiger charge is -2.01. The van der Waals surface area contributed by atoms with Crippen LogP contribution in [0.4, 0.5) is 10.2 Å². The first-order chi connectivity index (χ1) is 11.6. The summed E-state index contributed by atoms with van der Waals surface area (Å²) in [6.07, 6.45) is 4.57. The van der Waals surface area contributed by atoms with Crippen LogP contribution < -0.4 is 5.32 Å². The molecule has 0 radical (unpaired) electrons. The van der Waals surface area contributed by atoms with E-state index in [0.29, 0.717) is 12.2 Å². The smallest absolute Gasteiger partial charge is 0.277 e. The van der Waals surface area contributed by atoms with Crippen LogP contribution in [-0.2, 0) is 13.0 Å². The van der Waals surface area contributed by atoms with Crippen molar-refractivity contribution in [3.8, 4) is 5.69 Å². The molecular formula is C16H15FN6O. The number of rotatable bonds is 3. The van der Waals surface area contributed by atoms with Gasteiger partial charge in [0.2, 0.25) is 0 Å². The summed E-state index contributed by atoms with van der Waals surface area (Å²) in [5.41, 5.74) is 2.64. The molecule has 4 heterocycles. The third kappa shape index (κ3) is 2.55. The Hall–Kier alpha value is -3.03. The van der Waals surface area contributed by atoms with Crippen molar-refractivity contribution in [1.82, 2.24) is 24.5 Å². The van der Waals surface area contributed by atoms with E-state index in [-0.39, 0.29) is 18.1 Å². The van der Waals surface area contributed by atoms with Gasteiger partial charge in [-0.05, 0) is 25.1 Å². The first kappa shape index (κ1) is 14.6. The van der Waals surface area contributed by atoms with Crippen molar-refractivity contribution in [2.75, 3.05) is 5.32 Å². The Morgan fingerprint density at radius 3 is 3.04 bits per heavy atom. The second kappa shape index (κ2) is 5.55. The van der Waals surface area contributed by atoms with Crippen LogP contribution in [0.15, 0.2) is 36.8 Å². The van der Waals surface area contributed by atoms with Gasteiger partial charge in [-0.2, -0.15) is 5.10 Å². The van der Waals surface area contributed by atoms with E-state index in [1.165, 1.54) is 0 Å². The van der Waals surface area contributed by atoms with Gasteiger partial charge in [-0.15, -0.1) is 5.10 Å². The molecule has 0 saturated carbocycles. The van der Waals surface area contributed by atoms with Crippen LogP contribution in [0.25, 0.3) is 5.69 Å². The van der Waals surface area contributed by atoms with Gasteiger partial charge in [0.1, 0.15) is 6.17 Å². The predicted octanol–water partition coefficient (Wildman–Crippen LogP) is 1.92. The number of nitrogens with zero attached hydrogens (tertiary/aromatic N) is 5. The highest BCUT2D eigenvalue weighted by atomic mass is 19.1. The lowest BCUT2D eigenvalue weighted by molar-refractivity contribution is 0.102. The quantitative estimate of drug-likeness (QED) is 0.798. The fourth-order valence-electron chi connectivity index (χ4n) is 2.74. The average molecular weight is 326 g/mol. The molecule has 0 spiro atoms. The Balaban J connectivity index is 1.54. The van der Waals surface area contributed by atoms with Crippen molar-refractivity contribution >= 4 is 11.7 Å². The van der Waals surface area contributed by atoms with Gasteiger partial charge in [0.15, 0.2) is 11.5 Å². The van der Waals surface area contributed by atoms with Gasteiger partial charge in [0.25, 0.3) is 5.91 Å². The molecule has 0 bridgehead atoms. The SMILES string of the molecule is Cc1cn(-c2cccnc2)nc1NC(=O)c1cc2n(n1)CC(F)C2. The van der Waals surface area contributed by atoms with Crippen molar-refractivity contribution in [2.45, 2.75) is 26.1 Å². The van der Waals surface area contributed by atoms with Gasteiger partial charge in [-0.3, -0.25) is 14.5 Å². The van der Waals surface area contributed by atoms with Gasteiger partial charge in [-0.25, -0.2) is 9.07 Å². The third-order valence-corrected chi connectivity index (χ3v) is 3.94. The topological polar surface area (TPSA) is 77.6 Å². The maximum atomic E-state index is 13.3. The van der Waals surface area contributed by atoms with E-state index in [1.54, 1.807) is 27.8 Å². The summed E-state index contributed by atoms with van der Waals surface area (Å²) >= 11 is 0. The summed E-state index contributed by atoms with van der Waals surface area (Å²) in [7, 11) is 0. The normalized spacial score (nSPS) is 16.2. The van der Waals surface area contributed by atoms with E-state index in [0.717, 1.165) is 16.9 Å². The number of amides is 1. The highest BCUT2D eigenvalue weighted by Crippen LogP contribution is 2.20. The summed E-state index contributed by atoms with van der Waals surface area (Å²) in [4.78, 5) is 16.4. The minimum Gasteiger partial charge on any atom is -0.303 e. The maximum Gasteiger partial charge on any atom is 0.277 e. The summed E-state index contributed by atoms with van der Waals surface area (Å²) < 4.78 is 16.5. The number of aromatic nitrogens is 5. The van der Waals surface area contributed by atoms with Gasteiger partial charge in [0.05, 0.1) is 18.4 Å². The molecule has 1 N–H and O–H groups in total. The number of carbonyl (C=O) groups is 1. The molecule has 0 saturated heterocycles. The summed E-state index contributed by atoms with van der Waals surface area (Å²) in [5.74, 6) is 0.104. The van der Waals surface area contributed by atoms with Gasteiger partial charge in [-0.1, -0.05) is 0 Å². The number of hydrogen-bond acceptors (Lipinski definition) is 4. The largest absolute Gasteiger partial charge is 0.303 e. The van der Waals surface area contributed by atoms with Crippen LogP contribution in [0.3, 0.4) is 0 Å². The highest BCUT2D eigenvalue weighted by Gasteiger charge is 2.25. The van der Waals surface area contributed by atoms with Crippen molar-refractivity contribution in [1.29, 1.82) is 0 Å². The molecule has 1 atom stereocenters. The fourth-order valence-corrected chi connectivity index (χ4v) is 2.74. The van der Waals surface area contributed by atoms with Crippen molar-refractivity contribution in [3.63, 3.8) is 0 Å². The molecule has 24 heavy (non-hydrogen) atoms. The van der Waals surface area contributed by atoms with Gasteiger partial charge < -0.3 is 5.32 Å². The standard InChI is InChI=1S/C16H15FN6O/c1-10-8-22(12-3-2-4-18-7-12)21-15(10)19-16(24)14-6-13-5-11(17)9-23(13)20-14/h2-4,6-8,11H,5,9H2,1H3,(H,19,21,24). The van der Waals surface area contributed by atoms with Crippen LogP contribution in [0.5, 0.6) is 0 Å². The van der Waals surface area contributed by atoms with Gasteiger partial charge in [0, 0.05) is 30.1 Å². The number of alkyl halides is 1. The summed E-state index contributed by atoms with van der Waals surface area (Å²) in [5, 5.41) is 11.3. The first-order valence-electron chi connectivity index (χ1n) is 7.59. The van der Waals surface area contributed by atoms with E-state index < -0.39 is 6.17 Å². The molecule has 1 aliphatic rings. The predicted molar refractivity (Wildman–Crippen MR) is 84.9 cm³/mol. The Morgan fingerprint density at radius 1 is 1.42 bits per heavy atom. The molecule has 8 heteroatoms. The number of aryl methyl sites for hydroxylation is 1. The van der Waals surface area contributed by atoms with Crippen LogP contribution in [0.2, 0.25) is 0 Å². The monoisotopic (exact) mass is 326 g/mol. The first-order valence-corrected chi connectivity index (χ1v) is 7.59. The van der Waals surface area contributed by atoms with Crippen molar-refractivity contribution in [3.05, 3.63) is 53.7 Å². The molecule has 122 valence electrons. The van der Waals surface area contributed by atoms with E-state index in [4.69, 9.17) is 0 Å². The van der Waals surface area contributed by atoms with E-state index in [9.17, 15) is 9.18 Å². The van der Waals surface area contributed by atoms with E-state index in [1.807, 2.05) is 25.3 Å². The van der Waals surface area contributed by atoms with Crippen LogP contribution in [0.1, 0.15) is 21.7 Å². The van der Waals surface area contributed by atoms with Crippen LogP contribution in [-0.4, -0.2) is 36.6 Å². The summed E-state index contributed by atoms with van der Waals surface area (Å²) in [6, 6.07) is 5.32. The summed E-state index contributed by atoms with van der Waals surface area (Å²) in [6.45, 7) is 2.06. The minimum atomic E-state index is -0.915. The fraction of sp³-hybridized carbons (Fsp3) is 0.250. The second-order valence-electron chi connectivity index (χ2n) is 5.78. The molecule has 0 fully saturated rings.